The van der Waals surface area contributed by atoms with Crippen molar-refractivity contribution in [1.29, 1.82) is 0 Å². The number of unbranched alkanes of at least 4 members (excludes halogenated alkanes) is 2. The van der Waals surface area contributed by atoms with Crippen LogP contribution in [0.4, 0.5) is 0 Å². The molecule has 0 heterocycles. The minimum atomic E-state index is -0.0338. The highest BCUT2D eigenvalue weighted by molar-refractivity contribution is 5.94. The van der Waals surface area contributed by atoms with E-state index in [-0.39, 0.29) is 5.91 Å². The number of aliphatic imine (C=N–C) groups is 1. The molecular formula is C20H34N4O. The minimum Gasteiger partial charge on any atom is -0.357 e. The van der Waals surface area contributed by atoms with Crippen LogP contribution in [0.5, 0.6) is 0 Å². The highest BCUT2D eigenvalue weighted by Gasteiger charge is 2.06. The number of carbonyl (C=O) groups is 1. The van der Waals surface area contributed by atoms with Gasteiger partial charge >= 0.3 is 0 Å². The van der Waals surface area contributed by atoms with E-state index in [2.05, 4.69) is 41.7 Å². The van der Waals surface area contributed by atoms with E-state index in [1.54, 1.807) is 0 Å². The van der Waals surface area contributed by atoms with Gasteiger partial charge < -0.3 is 16.0 Å². The van der Waals surface area contributed by atoms with Crippen molar-refractivity contribution in [3.63, 3.8) is 0 Å². The van der Waals surface area contributed by atoms with Gasteiger partial charge in [0.15, 0.2) is 5.96 Å². The number of rotatable bonds is 10. The molecule has 0 aliphatic rings. The van der Waals surface area contributed by atoms with E-state index in [9.17, 15) is 4.79 Å². The standard InChI is InChI=1S/C20H34N4O/c1-5-8-9-10-16(4)24-20(22-7-3)23-15-17-11-13-18(14-12-17)19(25)21-6-2/h11-14,16H,5-10,15H2,1-4H3,(H,21,25)(H2,22,23,24). The van der Waals surface area contributed by atoms with Gasteiger partial charge in [-0.3, -0.25) is 4.79 Å². The highest BCUT2D eigenvalue weighted by atomic mass is 16.1. The maximum absolute atomic E-state index is 11.8. The Balaban J connectivity index is 2.59. The summed E-state index contributed by atoms with van der Waals surface area (Å²) in [4.78, 5) is 16.4. The van der Waals surface area contributed by atoms with Crippen molar-refractivity contribution in [2.24, 2.45) is 4.99 Å². The number of nitrogens with zero attached hydrogens (tertiary/aromatic N) is 1. The third-order valence-corrected chi connectivity index (χ3v) is 3.94. The lowest BCUT2D eigenvalue weighted by molar-refractivity contribution is 0.0956. The van der Waals surface area contributed by atoms with E-state index in [4.69, 9.17) is 0 Å². The molecule has 1 unspecified atom stereocenters. The zero-order chi connectivity index (χ0) is 18.5. The van der Waals surface area contributed by atoms with Crippen LogP contribution >= 0.6 is 0 Å². The van der Waals surface area contributed by atoms with Crippen LogP contribution in [0.3, 0.4) is 0 Å². The van der Waals surface area contributed by atoms with Crippen LogP contribution in [0, 0.1) is 0 Å². The third-order valence-electron chi connectivity index (χ3n) is 3.94. The first-order chi connectivity index (χ1) is 12.1. The fourth-order valence-electron chi connectivity index (χ4n) is 2.52. The van der Waals surface area contributed by atoms with Gasteiger partial charge in [-0.1, -0.05) is 38.3 Å². The van der Waals surface area contributed by atoms with Crippen molar-refractivity contribution < 1.29 is 4.79 Å². The average molecular weight is 347 g/mol. The molecule has 1 amide bonds. The van der Waals surface area contributed by atoms with Gasteiger partial charge in [-0.2, -0.15) is 0 Å². The molecule has 0 saturated carbocycles. The Morgan fingerprint density at radius 1 is 1.04 bits per heavy atom. The van der Waals surface area contributed by atoms with Gasteiger partial charge in [-0.05, 0) is 44.9 Å². The van der Waals surface area contributed by atoms with Gasteiger partial charge in [-0.15, -0.1) is 0 Å². The summed E-state index contributed by atoms with van der Waals surface area (Å²) < 4.78 is 0. The second kappa shape index (κ2) is 12.3. The highest BCUT2D eigenvalue weighted by Crippen LogP contribution is 2.06. The summed E-state index contributed by atoms with van der Waals surface area (Å²) in [5, 5.41) is 9.57. The lowest BCUT2D eigenvalue weighted by Gasteiger charge is -2.17. The van der Waals surface area contributed by atoms with E-state index >= 15 is 0 Å². The number of carbonyl (C=O) groups excluding carboxylic acids is 1. The van der Waals surface area contributed by atoms with E-state index in [1.165, 1.54) is 19.3 Å². The quantitative estimate of drug-likeness (QED) is 0.345. The number of hydrogen-bond acceptors (Lipinski definition) is 2. The topological polar surface area (TPSA) is 65.5 Å². The molecule has 0 saturated heterocycles. The van der Waals surface area contributed by atoms with Crippen molar-refractivity contribution in [2.75, 3.05) is 13.1 Å². The molecule has 0 aliphatic heterocycles. The maximum Gasteiger partial charge on any atom is 0.251 e. The zero-order valence-electron chi connectivity index (χ0n) is 16.2. The summed E-state index contributed by atoms with van der Waals surface area (Å²) in [6, 6.07) is 8.03. The number of hydrogen-bond donors (Lipinski definition) is 3. The lowest BCUT2D eigenvalue weighted by Crippen LogP contribution is -2.42. The number of nitrogens with one attached hydrogen (secondary N) is 3. The molecule has 0 aromatic heterocycles. The van der Waals surface area contributed by atoms with Crippen molar-refractivity contribution in [3.8, 4) is 0 Å². The van der Waals surface area contributed by atoms with Crippen LogP contribution in [0.15, 0.2) is 29.3 Å². The van der Waals surface area contributed by atoms with Gasteiger partial charge in [0.05, 0.1) is 6.54 Å². The number of guanidine groups is 1. The molecule has 3 N–H and O–H groups in total. The van der Waals surface area contributed by atoms with Gasteiger partial charge in [0, 0.05) is 24.7 Å². The zero-order valence-corrected chi connectivity index (χ0v) is 16.2. The first kappa shape index (κ1) is 21.0. The largest absolute Gasteiger partial charge is 0.357 e. The predicted octanol–water partition coefficient (Wildman–Crippen LogP) is 3.46. The summed E-state index contributed by atoms with van der Waals surface area (Å²) in [5.41, 5.74) is 1.77. The fourth-order valence-corrected chi connectivity index (χ4v) is 2.52. The van der Waals surface area contributed by atoms with Crippen LogP contribution in [0.2, 0.25) is 0 Å². The molecule has 140 valence electrons. The van der Waals surface area contributed by atoms with Crippen LogP contribution < -0.4 is 16.0 Å². The first-order valence-electron chi connectivity index (χ1n) is 9.52. The Bertz CT molecular complexity index is 525. The van der Waals surface area contributed by atoms with Crippen molar-refractivity contribution >= 4 is 11.9 Å². The normalized spacial score (nSPS) is 12.6. The summed E-state index contributed by atoms with van der Waals surface area (Å²) in [7, 11) is 0. The Hall–Kier alpha value is -2.04. The van der Waals surface area contributed by atoms with Gasteiger partial charge in [0.25, 0.3) is 5.91 Å². The molecule has 0 spiro atoms. The van der Waals surface area contributed by atoms with Crippen molar-refractivity contribution in [2.45, 2.75) is 66.0 Å². The van der Waals surface area contributed by atoms with Crippen LogP contribution in [0.1, 0.15) is 69.3 Å². The average Bonchev–Trinajstić information content (AvgIpc) is 2.61. The molecular weight excluding hydrogens is 312 g/mol. The summed E-state index contributed by atoms with van der Waals surface area (Å²) in [6.45, 7) is 10.5. The summed E-state index contributed by atoms with van der Waals surface area (Å²) in [5.74, 6) is 0.813. The second-order valence-electron chi connectivity index (χ2n) is 6.29. The smallest absolute Gasteiger partial charge is 0.251 e. The van der Waals surface area contributed by atoms with Crippen molar-refractivity contribution in [1.82, 2.24) is 16.0 Å². The van der Waals surface area contributed by atoms with E-state index in [0.29, 0.717) is 24.7 Å². The Morgan fingerprint density at radius 3 is 2.32 bits per heavy atom. The molecule has 1 aromatic rings. The van der Waals surface area contributed by atoms with Gasteiger partial charge in [0.1, 0.15) is 0 Å². The maximum atomic E-state index is 11.8. The number of benzene rings is 1. The molecule has 0 aliphatic carbocycles. The SMILES string of the molecule is CCCCCC(C)NC(=NCc1ccc(C(=O)NCC)cc1)NCC. The monoisotopic (exact) mass is 346 g/mol. The number of amides is 1. The van der Waals surface area contributed by atoms with Crippen molar-refractivity contribution in [3.05, 3.63) is 35.4 Å². The van der Waals surface area contributed by atoms with E-state index in [1.807, 2.05) is 31.2 Å². The van der Waals surface area contributed by atoms with Crippen LogP contribution in [0.25, 0.3) is 0 Å². The Morgan fingerprint density at radius 2 is 1.72 bits per heavy atom. The predicted molar refractivity (Wildman–Crippen MR) is 106 cm³/mol. The molecule has 1 rings (SSSR count). The van der Waals surface area contributed by atoms with E-state index in [0.717, 1.165) is 24.5 Å². The van der Waals surface area contributed by atoms with Gasteiger partial charge in [-0.25, -0.2) is 4.99 Å². The first-order valence-corrected chi connectivity index (χ1v) is 9.52. The summed E-state index contributed by atoms with van der Waals surface area (Å²) >= 11 is 0. The Labute approximate surface area is 152 Å². The van der Waals surface area contributed by atoms with Crippen LogP contribution in [-0.2, 0) is 6.54 Å². The fraction of sp³-hybridized carbons (Fsp3) is 0.600. The molecule has 1 atom stereocenters. The molecule has 25 heavy (non-hydrogen) atoms. The molecule has 5 heteroatoms. The molecule has 0 bridgehead atoms. The minimum absolute atomic E-state index is 0.0338. The summed E-state index contributed by atoms with van der Waals surface area (Å²) in [6.07, 6.45) is 4.91. The second-order valence-corrected chi connectivity index (χ2v) is 6.29. The Kier molecular flexibility index (Phi) is 10.4. The molecule has 0 radical (unpaired) electrons. The van der Waals surface area contributed by atoms with Crippen LogP contribution in [-0.4, -0.2) is 31.0 Å². The lowest BCUT2D eigenvalue weighted by atomic mass is 10.1. The van der Waals surface area contributed by atoms with E-state index < -0.39 is 0 Å². The molecule has 0 fully saturated rings. The molecule has 5 nitrogen and oxygen atoms in total. The van der Waals surface area contributed by atoms with Gasteiger partial charge in [0.2, 0.25) is 0 Å². The molecule has 1 aromatic carbocycles. The third kappa shape index (κ3) is 8.57.